The van der Waals surface area contributed by atoms with Crippen molar-refractivity contribution in [2.75, 3.05) is 19.3 Å². The maximum atomic E-state index is 12.1. The quantitative estimate of drug-likeness (QED) is 0.747. The molecule has 1 aliphatic carbocycles. The summed E-state index contributed by atoms with van der Waals surface area (Å²) in [5, 5.41) is 3.50. The first-order chi connectivity index (χ1) is 10.1. The van der Waals surface area contributed by atoms with Crippen molar-refractivity contribution >= 4 is 17.7 Å². The largest absolute Gasteiger partial charge is 0.342 e. The molecule has 1 fully saturated rings. The SMILES string of the molecule is CCCNC(C)c1cccc(SCC(=O)N(C)C2CC2)c1. The number of nitrogens with zero attached hydrogens (tertiary/aromatic N) is 1. The summed E-state index contributed by atoms with van der Waals surface area (Å²) in [7, 11) is 1.92. The number of nitrogens with one attached hydrogen (secondary N) is 1. The molecule has 3 nitrogen and oxygen atoms in total. The van der Waals surface area contributed by atoms with Crippen molar-refractivity contribution in [2.45, 2.75) is 50.1 Å². The van der Waals surface area contributed by atoms with Crippen LogP contribution in [-0.2, 0) is 4.79 Å². The zero-order valence-corrected chi connectivity index (χ0v) is 14.1. The predicted octanol–water partition coefficient (Wildman–Crippen LogP) is 3.46. The molecule has 0 heterocycles. The number of hydrogen-bond acceptors (Lipinski definition) is 3. The molecule has 0 aromatic heterocycles. The number of amides is 1. The molecule has 2 rings (SSSR count). The summed E-state index contributed by atoms with van der Waals surface area (Å²) in [5.74, 6) is 0.776. The highest BCUT2D eigenvalue weighted by Crippen LogP contribution is 2.27. The molecule has 0 spiro atoms. The summed E-state index contributed by atoms with van der Waals surface area (Å²) in [4.78, 5) is 15.1. The second-order valence-corrected chi connectivity index (χ2v) is 6.82. The van der Waals surface area contributed by atoms with E-state index in [0.29, 0.717) is 17.8 Å². The Labute approximate surface area is 132 Å². The highest BCUT2D eigenvalue weighted by molar-refractivity contribution is 8.00. The molecule has 0 bridgehead atoms. The fourth-order valence-corrected chi connectivity index (χ4v) is 3.15. The van der Waals surface area contributed by atoms with Gasteiger partial charge in [-0.3, -0.25) is 4.79 Å². The predicted molar refractivity (Wildman–Crippen MR) is 89.7 cm³/mol. The van der Waals surface area contributed by atoms with Crippen LogP contribution in [0, 0.1) is 0 Å². The molecule has 0 radical (unpaired) electrons. The number of carbonyl (C=O) groups is 1. The Bertz CT molecular complexity index is 474. The lowest BCUT2D eigenvalue weighted by Crippen LogP contribution is -2.30. The Morgan fingerprint density at radius 3 is 2.90 bits per heavy atom. The van der Waals surface area contributed by atoms with Crippen molar-refractivity contribution in [1.82, 2.24) is 10.2 Å². The van der Waals surface area contributed by atoms with Crippen LogP contribution in [-0.4, -0.2) is 36.2 Å². The van der Waals surface area contributed by atoms with Crippen molar-refractivity contribution in [3.8, 4) is 0 Å². The van der Waals surface area contributed by atoms with Crippen LogP contribution in [0.4, 0.5) is 0 Å². The first-order valence-corrected chi connectivity index (χ1v) is 8.82. The van der Waals surface area contributed by atoms with Crippen molar-refractivity contribution in [1.29, 1.82) is 0 Å². The second kappa shape index (κ2) is 7.85. The van der Waals surface area contributed by atoms with Crippen LogP contribution >= 0.6 is 11.8 Å². The van der Waals surface area contributed by atoms with Gasteiger partial charge in [0.1, 0.15) is 0 Å². The fourth-order valence-electron chi connectivity index (χ4n) is 2.26. The summed E-state index contributed by atoms with van der Waals surface area (Å²) in [6.07, 6.45) is 3.48. The Hall–Kier alpha value is -1.00. The Kier molecular flexibility index (Phi) is 6.12. The average Bonchev–Trinajstić information content (AvgIpc) is 3.34. The van der Waals surface area contributed by atoms with Crippen LogP contribution in [0.5, 0.6) is 0 Å². The van der Waals surface area contributed by atoms with Crippen LogP contribution in [0.1, 0.15) is 44.7 Å². The standard InChI is InChI=1S/C17H26N2OS/c1-4-10-18-13(2)14-6-5-7-16(11-14)21-12-17(20)19(3)15-8-9-15/h5-7,11,13,15,18H,4,8-10,12H2,1-3H3. The van der Waals surface area contributed by atoms with Gasteiger partial charge in [0, 0.05) is 24.0 Å². The number of benzene rings is 1. The number of carbonyl (C=O) groups excluding carboxylic acids is 1. The summed E-state index contributed by atoms with van der Waals surface area (Å²) in [5.41, 5.74) is 1.29. The minimum Gasteiger partial charge on any atom is -0.342 e. The molecule has 21 heavy (non-hydrogen) atoms. The van der Waals surface area contributed by atoms with Crippen LogP contribution in [0.3, 0.4) is 0 Å². The molecule has 1 amide bonds. The monoisotopic (exact) mass is 306 g/mol. The van der Waals surface area contributed by atoms with E-state index < -0.39 is 0 Å². The lowest BCUT2D eigenvalue weighted by atomic mass is 10.1. The van der Waals surface area contributed by atoms with Gasteiger partial charge in [-0.2, -0.15) is 0 Å². The molecule has 1 saturated carbocycles. The second-order valence-electron chi connectivity index (χ2n) is 5.77. The molecule has 0 saturated heterocycles. The van der Waals surface area contributed by atoms with E-state index in [9.17, 15) is 4.79 Å². The first kappa shape index (κ1) is 16.4. The molecule has 1 N–H and O–H groups in total. The van der Waals surface area contributed by atoms with Gasteiger partial charge in [-0.1, -0.05) is 19.1 Å². The normalized spacial score (nSPS) is 15.8. The highest BCUT2D eigenvalue weighted by Gasteiger charge is 2.29. The number of hydrogen-bond donors (Lipinski definition) is 1. The van der Waals surface area contributed by atoms with Gasteiger partial charge in [0.2, 0.25) is 5.91 Å². The van der Waals surface area contributed by atoms with E-state index in [4.69, 9.17) is 0 Å². The molecule has 1 aliphatic rings. The van der Waals surface area contributed by atoms with Crippen molar-refractivity contribution in [3.05, 3.63) is 29.8 Å². The summed E-state index contributed by atoms with van der Waals surface area (Å²) < 4.78 is 0. The third kappa shape index (κ3) is 5.04. The molecular formula is C17H26N2OS. The van der Waals surface area contributed by atoms with Crippen LogP contribution < -0.4 is 5.32 Å². The van der Waals surface area contributed by atoms with Crippen molar-refractivity contribution in [2.24, 2.45) is 0 Å². The van der Waals surface area contributed by atoms with Gasteiger partial charge < -0.3 is 10.2 Å². The van der Waals surface area contributed by atoms with Crippen LogP contribution in [0.2, 0.25) is 0 Å². The molecule has 116 valence electrons. The van der Waals surface area contributed by atoms with Gasteiger partial charge in [0.05, 0.1) is 5.75 Å². The van der Waals surface area contributed by atoms with Crippen molar-refractivity contribution in [3.63, 3.8) is 0 Å². The first-order valence-electron chi connectivity index (χ1n) is 7.83. The van der Waals surface area contributed by atoms with E-state index in [2.05, 4.69) is 43.4 Å². The Balaban J connectivity index is 1.86. The van der Waals surface area contributed by atoms with Gasteiger partial charge in [-0.15, -0.1) is 11.8 Å². The highest BCUT2D eigenvalue weighted by atomic mass is 32.2. The maximum absolute atomic E-state index is 12.1. The number of rotatable bonds is 8. The fraction of sp³-hybridized carbons (Fsp3) is 0.588. The third-order valence-electron chi connectivity index (χ3n) is 3.91. The molecular weight excluding hydrogens is 280 g/mol. The van der Waals surface area contributed by atoms with Crippen molar-refractivity contribution < 1.29 is 4.79 Å². The van der Waals surface area contributed by atoms with Gasteiger partial charge >= 0.3 is 0 Å². The van der Waals surface area contributed by atoms with Gasteiger partial charge in [-0.25, -0.2) is 0 Å². The Morgan fingerprint density at radius 1 is 1.48 bits per heavy atom. The van der Waals surface area contributed by atoms with E-state index in [1.165, 1.54) is 23.3 Å². The van der Waals surface area contributed by atoms with E-state index >= 15 is 0 Å². The summed E-state index contributed by atoms with van der Waals surface area (Å²) in [6, 6.07) is 9.37. The van der Waals surface area contributed by atoms with E-state index in [1.54, 1.807) is 11.8 Å². The molecule has 1 aromatic carbocycles. The minimum atomic E-state index is 0.241. The number of thioether (sulfide) groups is 1. The van der Waals surface area contributed by atoms with Crippen LogP contribution in [0.25, 0.3) is 0 Å². The lowest BCUT2D eigenvalue weighted by molar-refractivity contribution is -0.127. The lowest BCUT2D eigenvalue weighted by Gasteiger charge is -2.17. The summed E-state index contributed by atoms with van der Waals surface area (Å²) in [6.45, 7) is 5.39. The van der Waals surface area contributed by atoms with E-state index in [-0.39, 0.29) is 5.91 Å². The topological polar surface area (TPSA) is 32.3 Å². The average molecular weight is 306 g/mol. The molecule has 4 heteroatoms. The molecule has 1 aromatic rings. The Morgan fingerprint density at radius 2 is 2.24 bits per heavy atom. The van der Waals surface area contributed by atoms with Crippen LogP contribution in [0.15, 0.2) is 29.2 Å². The van der Waals surface area contributed by atoms with Gasteiger partial charge in [0.25, 0.3) is 0 Å². The minimum absolute atomic E-state index is 0.241. The maximum Gasteiger partial charge on any atom is 0.232 e. The molecule has 0 aliphatic heterocycles. The molecule has 1 unspecified atom stereocenters. The smallest absolute Gasteiger partial charge is 0.232 e. The zero-order valence-electron chi connectivity index (χ0n) is 13.3. The van der Waals surface area contributed by atoms with Gasteiger partial charge in [-0.05, 0) is 50.4 Å². The zero-order chi connectivity index (χ0) is 15.2. The summed E-state index contributed by atoms with van der Waals surface area (Å²) >= 11 is 1.64. The molecule has 1 atom stereocenters. The van der Waals surface area contributed by atoms with E-state index in [0.717, 1.165) is 13.0 Å². The van der Waals surface area contributed by atoms with E-state index in [1.807, 2.05) is 11.9 Å². The van der Waals surface area contributed by atoms with Gasteiger partial charge in [0.15, 0.2) is 0 Å². The third-order valence-corrected chi connectivity index (χ3v) is 4.89.